The predicted molar refractivity (Wildman–Crippen MR) is 75.6 cm³/mol. The summed E-state index contributed by atoms with van der Waals surface area (Å²) in [5.41, 5.74) is 8.49. The molecule has 4 N–H and O–H groups in total. The number of hydrogen-bond donors (Lipinski definition) is 3. The van der Waals surface area contributed by atoms with Gasteiger partial charge in [0.2, 0.25) is 0 Å². The Morgan fingerprint density at radius 3 is 2.89 bits per heavy atom. The second-order valence-corrected chi connectivity index (χ2v) is 5.36. The number of aliphatic hydroxyl groups is 1. The number of piperidine rings is 1. The van der Waals surface area contributed by atoms with Gasteiger partial charge < -0.3 is 15.8 Å². The van der Waals surface area contributed by atoms with Crippen molar-refractivity contribution < 1.29 is 5.11 Å². The van der Waals surface area contributed by atoms with Crippen LogP contribution in [0.25, 0.3) is 11.0 Å². The topological polar surface area (TPSA) is 78.2 Å². The number of benzene rings is 1. The van der Waals surface area contributed by atoms with Crippen LogP contribution in [0.15, 0.2) is 18.2 Å². The van der Waals surface area contributed by atoms with Gasteiger partial charge in [-0.1, -0.05) is 0 Å². The lowest BCUT2D eigenvalue weighted by atomic mass is 9.98. The summed E-state index contributed by atoms with van der Waals surface area (Å²) in [6.45, 7) is 3.22. The molecule has 5 nitrogen and oxygen atoms in total. The van der Waals surface area contributed by atoms with Crippen LogP contribution in [-0.4, -0.2) is 39.7 Å². The van der Waals surface area contributed by atoms with Crippen molar-refractivity contribution in [1.82, 2.24) is 14.9 Å². The molecule has 2 heterocycles. The van der Waals surface area contributed by atoms with Gasteiger partial charge >= 0.3 is 0 Å². The van der Waals surface area contributed by atoms with Crippen LogP contribution < -0.4 is 5.73 Å². The number of hydrogen-bond acceptors (Lipinski definition) is 4. The minimum atomic E-state index is 0.317. The first-order valence-corrected chi connectivity index (χ1v) is 6.82. The number of imidazole rings is 1. The first-order chi connectivity index (χ1) is 9.24. The van der Waals surface area contributed by atoms with Gasteiger partial charge in [0.05, 0.1) is 17.6 Å². The van der Waals surface area contributed by atoms with Gasteiger partial charge in [0.1, 0.15) is 5.82 Å². The van der Waals surface area contributed by atoms with Crippen molar-refractivity contribution in [2.45, 2.75) is 19.4 Å². The van der Waals surface area contributed by atoms with Crippen LogP contribution in [0, 0.1) is 5.92 Å². The number of nitrogens with one attached hydrogen (secondary N) is 1. The largest absolute Gasteiger partial charge is 0.399 e. The Hall–Kier alpha value is -1.59. The summed E-state index contributed by atoms with van der Waals surface area (Å²) in [6.07, 6.45) is 2.15. The summed E-state index contributed by atoms with van der Waals surface area (Å²) in [5.74, 6) is 1.47. The molecular formula is C14H20N4O. The number of nitrogen functional groups attached to an aromatic ring is 1. The van der Waals surface area contributed by atoms with E-state index in [1.165, 1.54) is 0 Å². The molecule has 0 saturated carbocycles. The fourth-order valence-corrected chi connectivity index (χ4v) is 2.69. The molecule has 1 aliphatic heterocycles. The number of aromatic nitrogens is 2. The zero-order valence-corrected chi connectivity index (χ0v) is 11.0. The van der Waals surface area contributed by atoms with Crippen LogP contribution in [0.1, 0.15) is 18.7 Å². The summed E-state index contributed by atoms with van der Waals surface area (Å²) in [7, 11) is 0. The van der Waals surface area contributed by atoms with E-state index in [0.717, 1.165) is 55.0 Å². The van der Waals surface area contributed by atoms with Crippen molar-refractivity contribution in [3.05, 3.63) is 24.0 Å². The third-order valence-electron chi connectivity index (χ3n) is 3.89. The number of H-pyrrole nitrogens is 1. The molecule has 2 aromatic rings. The monoisotopic (exact) mass is 260 g/mol. The Morgan fingerprint density at radius 2 is 2.16 bits per heavy atom. The molecule has 1 aromatic heterocycles. The average Bonchev–Trinajstić information content (AvgIpc) is 2.81. The second kappa shape index (κ2) is 5.19. The molecule has 0 atom stereocenters. The standard InChI is InChI=1S/C14H20N4O/c15-11-1-2-12-13(7-11)17-14(16-12)8-18-5-3-10(9-19)4-6-18/h1-2,7,10,19H,3-6,8-9,15H2,(H,16,17). The number of nitrogens with two attached hydrogens (primary N) is 1. The number of fused-ring (bicyclic) bond motifs is 1. The van der Waals surface area contributed by atoms with Gasteiger partial charge in [-0.15, -0.1) is 0 Å². The third-order valence-corrected chi connectivity index (χ3v) is 3.89. The van der Waals surface area contributed by atoms with Crippen LogP contribution >= 0.6 is 0 Å². The Kier molecular flexibility index (Phi) is 3.40. The molecule has 5 heteroatoms. The maximum Gasteiger partial charge on any atom is 0.121 e. The van der Waals surface area contributed by atoms with Gasteiger partial charge in [0.15, 0.2) is 0 Å². The maximum atomic E-state index is 9.14. The van der Waals surface area contributed by atoms with Crippen molar-refractivity contribution in [1.29, 1.82) is 0 Å². The van der Waals surface area contributed by atoms with Crippen LogP contribution in [0.4, 0.5) is 5.69 Å². The molecule has 0 radical (unpaired) electrons. The molecule has 0 unspecified atom stereocenters. The van der Waals surface area contributed by atoms with Crippen LogP contribution in [0.5, 0.6) is 0 Å². The molecule has 0 aliphatic carbocycles. The smallest absolute Gasteiger partial charge is 0.121 e. The maximum absolute atomic E-state index is 9.14. The summed E-state index contributed by atoms with van der Waals surface area (Å²) >= 11 is 0. The number of anilines is 1. The fourth-order valence-electron chi connectivity index (χ4n) is 2.69. The van der Waals surface area contributed by atoms with Crippen LogP contribution in [-0.2, 0) is 6.54 Å². The normalized spacial score (nSPS) is 18.2. The Labute approximate surface area is 112 Å². The average molecular weight is 260 g/mol. The summed E-state index contributed by atoms with van der Waals surface area (Å²) < 4.78 is 0. The van der Waals surface area contributed by atoms with E-state index in [2.05, 4.69) is 14.9 Å². The lowest BCUT2D eigenvalue weighted by molar-refractivity contribution is 0.126. The molecule has 0 amide bonds. The van der Waals surface area contributed by atoms with E-state index in [1.807, 2.05) is 18.2 Å². The summed E-state index contributed by atoms with van der Waals surface area (Å²) in [4.78, 5) is 10.3. The van der Waals surface area contributed by atoms with Gasteiger partial charge in [-0.25, -0.2) is 4.98 Å². The van der Waals surface area contributed by atoms with E-state index in [0.29, 0.717) is 12.5 Å². The van der Waals surface area contributed by atoms with Crippen LogP contribution in [0.3, 0.4) is 0 Å². The van der Waals surface area contributed by atoms with Gasteiger partial charge in [-0.3, -0.25) is 4.90 Å². The molecular weight excluding hydrogens is 240 g/mol. The van der Waals surface area contributed by atoms with Crippen molar-refractivity contribution >= 4 is 16.7 Å². The third kappa shape index (κ3) is 2.72. The van der Waals surface area contributed by atoms with Gasteiger partial charge in [0, 0.05) is 12.3 Å². The lowest BCUT2D eigenvalue weighted by Crippen LogP contribution is -2.34. The van der Waals surface area contributed by atoms with Gasteiger partial charge in [0.25, 0.3) is 0 Å². The summed E-state index contributed by atoms with van der Waals surface area (Å²) in [6, 6.07) is 5.74. The van der Waals surface area contributed by atoms with Crippen molar-refractivity contribution in [2.75, 3.05) is 25.4 Å². The number of nitrogens with zero attached hydrogens (tertiary/aromatic N) is 2. The van der Waals surface area contributed by atoms with Crippen LogP contribution in [0.2, 0.25) is 0 Å². The zero-order valence-electron chi connectivity index (χ0n) is 11.0. The minimum Gasteiger partial charge on any atom is -0.399 e. The quantitative estimate of drug-likeness (QED) is 0.728. The molecule has 0 spiro atoms. The molecule has 0 bridgehead atoms. The second-order valence-electron chi connectivity index (χ2n) is 5.36. The zero-order chi connectivity index (χ0) is 13.2. The molecule has 3 rings (SSSR count). The summed E-state index contributed by atoms with van der Waals surface area (Å²) in [5, 5.41) is 9.14. The highest BCUT2D eigenvalue weighted by Crippen LogP contribution is 2.19. The fraction of sp³-hybridized carbons (Fsp3) is 0.500. The van der Waals surface area contributed by atoms with E-state index in [-0.39, 0.29) is 0 Å². The van der Waals surface area contributed by atoms with E-state index in [9.17, 15) is 0 Å². The SMILES string of the molecule is Nc1ccc2nc(CN3CCC(CO)CC3)[nH]c2c1. The molecule has 102 valence electrons. The Bertz CT molecular complexity index is 558. The van der Waals surface area contributed by atoms with E-state index in [4.69, 9.17) is 10.8 Å². The molecule has 1 aliphatic rings. The molecule has 1 aromatic carbocycles. The van der Waals surface area contributed by atoms with E-state index >= 15 is 0 Å². The number of likely N-dealkylation sites (tertiary alicyclic amines) is 1. The van der Waals surface area contributed by atoms with Crippen molar-refractivity contribution in [2.24, 2.45) is 5.92 Å². The first kappa shape index (κ1) is 12.4. The Balaban J connectivity index is 1.68. The highest BCUT2D eigenvalue weighted by atomic mass is 16.3. The minimum absolute atomic E-state index is 0.317. The molecule has 1 saturated heterocycles. The van der Waals surface area contributed by atoms with E-state index < -0.39 is 0 Å². The van der Waals surface area contributed by atoms with Gasteiger partial charge in [-0.05, 0) is 50.0 Å². The number of rotatable bonds is 3. The predicted octanol–water partition coefficient (Wildman–Crippen LogP) is 1.35. The lowest BCUT2D eigenvalue weighted by Gasteiger charge is -2.30. The van der Waals surface area contributed by atoms with Gasteiger partial charge in [-0.2, -0.15) is 0 Å². The number of aliphatic hydroxyl groups excluding tert-OH is 1. The first-order valence-electron chi connectivity index (χ1n) is 6.82. The number of aromatic amines is 1. The highest BCUT2D eigenvalue weighted by Gasteiger charge is 2.19. The van der Waals surface area contributed by atoms with Crippen molar-refractivity contribution in [3.8, 4) is 0 Å². The highest BCUT2D eigenvalue weighted by molar-refractivity contribution is 5.78. The molecule has 1 fully saturated rings. The van der Waals surface area contributed by atoms with Crippen molar-refractivity contribution in [3.63, 3.8) is 0 Å². The molecule has 19 heavy (non-hydrogen) atoms. The Morgan fingerprint density at radius 1 is 1.37 bits per heavy atom. The van der Waals surface area contributed by atoms with E-state index in [1.54, 1.807) is 0 Å².